The summed E-state index contributed by atoms with van der Waals surface area (Å²) in [4.78, 5) is 27.5. The van der Waals surface area contributed by atoms with Crippen molar-refractivity contribution in [3.05, 3.63) is 57.1 Å². The normalized spacial score (nSPS) is 16.2. The fourth-order valence-corrected chi connectivity index (χ4v) is 3.68. The van der Waals surface area contributed by atoms with Crippen molar-refractivity contribution in [2.45, 2.75) is 33.4 Å². The van der Waals surface area contributed by atoms with Gasteiger partial charge in [0.1, 0.15) is 23.2 Å². The van der Waals surface area contributed by atoms with E-state index in [9.17, 15) is 19.3 Å². The predicted molar refractivity (Wildman–Crippen MR) is 101 cm³/mol. The highest BCUT2D eigenvalue weighted by atomic mass is 19.1. The van der Waals surface area contributed by atoms with Gasteiger partial charge in [0.2, 0.25) is 5.91 Å². The van der Waals surface area contributed by atoms with Gasteiger partial charge in [-0.2, -0.15) is 5.10 Å². The van der Waals surface area contributed by atoms with Crippen LogP contribution in [0.1, 0.15) is 29.9 Å². The fraction of sp³-hybridized carbons (Fsp3) is 0.474. The molecule has 1 saturated heterocycles. The van der Waals surface area contributed by atoms with Gasteiger partial charge in [-0.25, -0.2) is 4.39 Å². The molecule has 0 aliphatic carbocycles. The maximum absolute atomic E-state index is 13.3. The second kappa shape index (κ2) is 8.05. The first kappa shape index (κ1) is 19.9. The standard InChI is InChI=1S/C19H24FN5O3/c1-13-18(25(27)28)14(2)24(21-13)15(3)19(26)23-9-7-22(8-10-23)12-16-5-4-6-17(20)11-16/h4-6,11,15H,7-10,12H2,1-3H3. The van der Waals surface area contributed by atoms with E-state index in [4.69, 9.17) is 0 Å². The van der Waals surface area contributed by atoms with E-state index in [0.717, 1.165) is 5.56 Å². The molecule has 0 spiro atoms. The summed E-state index contributed by atoms with van der Waals surface area (Å²) >= 11 is 0. The topological polar surface area (TPSA) is 84.5 Å². The summed E-state index contributed by atoms with van der Waals surface area (Å²) in [5, 5.41) is 15.4. The number of benzene rings is 1. The lowest BCUT2D eigenvalue weighted by atomic mass is 10.2. The molecule has 0 bridgehead atoms. The van der Waals surface area contributed by atoms with Crippen molar-refractivity contribution in [2.24, 2.45) is 0 Å². The molecule has 3 rings (SSSR count). The SMILES string of the molecule is Cc1nn(C(C)C(=O)N2CCN(Cc3cccc(F)c3)CC2)c(C)c1[N+](=O)[O-]. The molecule has 9 heteroatoms. The first-order chi connectivity index (χ1) is 13.3. The third-order valence-corrected chi connectivity index (χ3v) is 5.17. The first-order valence-corrected chi connectivity index (χ1v) is 9.23. The minimum Gasteiger partial charge on any atom is -0.338 e. The van der Waals surface area contributed by atoms with Gasteiger partial charge in [0.25, 0.3) is 0 Å². The number of aromatic nitrogens is 2. The molecule has 1 aliphatic heterocycles. The number of halogens is 1. The highest BCUT2D eigenvalue weighted by Crippen LogP contribution is 2.25. The second-order valence-electron chi connectivity index (χ2n) is 7.13. The Balaban J connectivity index is 1.62. The summed E-state index contributed by atoms with van der Waals surface area (Å²) in [6.07, 6.45) is 0. The molecule has 28 heavy (non-hydrogen) atoms. The highest BCUT2D eigenvalue weighted by molar-refractivity contribution is 5.80. The lowest BCUT2D eigenvalue weighted by Crippen LogP contribution is -2.50. The number of hydrogen-bond acceptors (Lipinski definition) is 5. The van der Waals surface area contributed by atoms with E-state index in [1.54, 1.807) is 31.7 Å². The summed E-state index contributed by atoms with van der Waals surface area (Å²) in [5.41, 5.74) is 1.55. The number of carbonyl (C=O) groups is 1. The molecule has 1 aromatic heterocycles. The van der Waals surface area contributed by atoms with Gasteiger partial charge in [0.15, 0.2) is 0 Å². The van der Waals surface area contributed by atoms with Gasteiger partial charge < -0.3 is 4.90 Å². The van der Waals surface area contributed by atoms with E-state index >= 15 is 0 Å². The van der Waals surface area contributed by atoms with Crippen LogP contribution in [0.5, 0.6) is 0 Å². The summed E-state index contributed by atoms with van der Waals surface area (Å²) in [5.74, 6) is -0.356. The van der Waals surface area contributed by atoms with Crippen LogP contribution < -0.4 is 0 Å². The Labute approximate surface area is 162 Å². The van der Waals surface area contributed by atoms with Crippen LogP contribution in [-0.4, -0.2) is 56.6 Å². The van der Waals surface area contributed by atoms with Crippen LogP contribution in [0.3, 0.4) is 0 Å². The Morgan fingerprint density at radius 1 is 1.29 bits per heavy atom. The molecular formula is C19H24FN5O3. The molecule has 1 aromatic carbocycles. The minimum absolute atomic E-state index is 0.0421. The summed E-state index contributed by atoms with van der Waals surface area (Å²) in [6, 6.07) is 5.92. The lowest BCUT2D eigenvalue weighted by Gasteiger charge is -2.36. The highest BCUT2D eigenvalue weighted by Gasteiger charge is 2.30. The van der Waals surface area contributed by atoms with E-state index in [2.05, 4.69) is 10.00 Å². The zero-order valence-electron chi connectivity index (χ0n) is 16.3. The molecule has 0 radical (unpaired) electrons. The van der Waals surface area contributed by atoms with Gasteiger partial charge in [-0.15, -0.1) is 0 Å². The molecule has 2 heterocycles. The largest absolute Gasteiger partial charge is 0.338 e. The molecule has 0 N–H and O–H groups in total. The van der Waals surface area contributed by atoms with E-state index in [1.807, 2.05) is 6.07 Å². The van der Waals surface area contributed by atoms with Crippen molar-refractivity contribution in [1.29, 1.82) is 0 Å². The molecule has 1 fully saturated rings. The number of hydrogen-bond donors (Lipinski definition) is 0. The maximum Gasteiger partial charge on any atom is 0.312 e. The van der Waals surface area contributed by atoms with E-state index in [-0.39, 0.29) is 17.4 Å². The number of nitrogens with zero attached hydrogens (tertiary/aromatic N) is 5. The van der Waals surface area contributed by atoms with Gasteiger partial charge >= 0.3 is 5.69 Å². The Morgan fingerprint density at radius 3 is 2.54 bits per heavy atom. The second-order valence-corrected chi connectivity index (χ2v) is 7.13. The van der Waals surface area contributed by atoms with Crippen molar-refractivity contribution < 1.29 is 14.1 Å². The van der Waals surface area contributed by atoms with Crippen LogP contribution in [-0.2, 0) is 11.3 Å². The van der Waals surface area contributed by atoms with Crippen LogP contribution >= 0.6 is 0 Å². The first-order valence-electron chi connectivity index (χ1n) is 9.23. The monoisotopic (exact) mass is 389 g/mol. The molecule has 0 saturated carbocycles. The van der Waals surface area contributed by atoms with Gasteiger partial charge in [-0.3, -0.25) is 24.5 Å². The third kappa shape index (κ3) is 4.04. The van der Waals surface area contributed by atoms with Gasteiger partial charge in [-0.05, 0) is 38.5 Å². The smallest absolute Gasteiger partial charge is 0.312 e. The minimum atomic E-state index is -0.609. The van der Waals surface area contributed by atoms with Crippen LogP contribution in [0, 0.1) is 29.8 Å². The summed E-state index contributed by atoms with van der Waals surface area (Å²) < 4.78 is 14.8. The van der Waals surface area contributed by atoms with Gasteiger partial charge in [0.05, 0.1) is 4.92 Å². The van der Waals surface area contributed by atoms with Gasteiger partial charge in [-0.1, -0.05) is 12.1 Å². The average Bonchev–Trinajstić information content (AvgIpc) is 2.95. The molecule has 1 unspecified atom stereocenters. The Hall–Kier alpha value is -2.81. The summed E-state index contributed by atoms with van der Waals surface area (Å²) in [7, 11) is 0. The van der Waals surface area contributed by atoms with Crippen LogP contribution in [0.4, 0.5) is 10.1 Å². The van der Waals surface area contributed by atoms with E-state index < -0.39 is 11.0 Å². The van der Waals surface area contributed by atoms with Crippen LogP contribution in [0.2, 0.25) is 0 Å². The zero-order valence-corrected chi connectivity index (χ0v) is 16.3. The third-order valence-electron chi connectivity index (χ3n) is 5.17. The summed E-state index contributed by atoms with van der Waals surface area (Å²) in [6.45, 7) is 8.02. The Morgan fingerprint density at radius 2 is 1.96 bits per heavy atom. The Bertz CT molecular complexity index is 890. The van der Waals surface area contributed by atoms with Crippen molar-refractivity contribution >= 4 is 11.6 Å². The molecule has 1 atom stereocenters. The molecule has 2 aromatic rings. The number of carbonyl (C=O) groups excluding carboxylic acids is 1. The number of aryl methyl sites for hydroxylation is 1. The van der Waals surface area contributed by atoms with E-state index in [0.29, 0.717) is 44.1 Å². The number of amides is 1. The maximum atomic E-state index is 13.3. The number of rotatable bonds is 5. The molecular weight excluding hydrogens is 365 g/mol. The fourth-order valence-electron chi connectivity index (χ4n) is 3.68. The Kier molecular flexibility index (Phi) is 5.73. The molecule has 8 nitrogen and oxygen atoms in total. The van der Waals surface area contributed by atoms with Crippen molar-refractivity contribution in [1.82, 2.24) is 19.6 Å². The number of piperazine rings is 1. The quantitative estimate of drug-likeness (QED) is 0.579. The van der Waals surface area contributed by atoms with Gasteiger partial charge in [0, 0.05) is 32.7 Å². The van der Waals surface area contributed by atoms with E-state index in [1.165, 1.54) is 16.8 Å². The van der Waals surface area contributed by atoms with Crippen LogP contribution in [0.15, 0.2) is 24.3 Å². The zero-order chi connectivity index (χ0) is 20.4. The van der Waals surface area contributed by atoms with Crippen molar-refractivity contribution in [3.63, 3.8) is 0 Å². The molecule has 150 valence electrons. The predicted octanol–water partition coefficient (Wildman–Crippen LogP) is 2.45. The molecule has 1 aliphatic rings. The molecule has 1 amide bonds. The average molecular weight is 389 g/mol. The lowest BCUT2D eigenvalue weighted by molar-refractivity contribution is -0.386. The van der Waals surface area contributed by atoms with Crippen molar-refractivity contribution in [2.75, 3.05) is 26.2 Å². The van der Waals surface area contributed by atoms with Crippen LogP contribution in [0.25, 0.3) is 0 Å². The number of nitro groups is 1. The van der Waals surface area contributed by atoms with Crippen molar-refractivity contribution in [3.8, 4) is 0 Å².